The summed E-state index contributed by atoms with van der Waals surface area (Å²) in [6.07, 6.45) is 0.349. The number of likely N-dealkylation sites (tertiary alicyclic amines) is 1. The van der Waals surface area contributed by atoms with Gasteiger partial charge in [0, 0.05) is 0 Å². The SMILES string of the molecule is COC(=O)C(CC(C)C)N1C(=O)CC(N)C1=O. The van der Waals surface area contributed by atoms with Gasteiger partial charge in [0.05, 0.1) is 19.6 Å². The first kappa shape index (κ1) is 13.6. The molecule has 0 aliphatic carbocycles. The topological polar surface area (TPSA) is 89.7 Å². The van der Waals surface area contributed by atoms with Crippen molar-refractivity contribution in [3.05, 3.63) is 0 Å². The smallest absolute Gasteiger partial charge is 0.329 e. The number of methoxy groups -OCH3 is 1. The average Bonchev–Trinajstić information content (AvgIpc) is 2.49. The van der Waals surface area contributed by atoms with Crippen molar-refractivity contribution in [1.82, 2.24) is 4.90 Å². The number of ether oxygens (including phenoxy) is 1. The fourth-order valence-corrected chi connectivity index (χ4v) is 1.89. The third-order valence-corrected chi connectivity index (χ3v) is 2.70. The van der Waals surface area contributed by atoms with Crippen molar-refractivity contribution >= 4 is 17.8 Å². The second kappa shape index (κ2) is 5.27. The maximum absolute atomic E-state index is 11.7. The highest BCUT2D eigenvalue weighted by molar-refractivity contribution is 6.08. The molecule has 1 aliphatic rings. The van der Waals surface area contributed by atoms with Crippen LogP contribution in [-0.2, 0) is 19.1 Å². The molecule has 0 spiro atoms. The molecule has 1 heterocycles. The number of nitrogens with zero attached hydrogens (tertiary/aromatic N) is 1. The second-order valence-electron chi connectivity index (χ2n) is 4.58. The standard InChI is InChI=1S/C11H18N2O4/c1-6(2)4-8(11(16)17-3)13-9(14)5-7(12)10(13)15/h6-8H,4-5,12H2,1-3H3. The maximum atomic E-state index is 11.7. The molecule has 96 valence electrons. The number of imide groups is 1. The van der Waals surface area contributed by atoms with Gasteiger partial charge in [-0.3, -0.25) is 14.5 Å². The summed E-state index contributed by atoms with van der Waals surface area (Å²) in [4.78, 5) is 36.0. The van der Waals surface area contributed by atoms with E-state index in [4.69, 9.17) is 5.73 Å². The molecule has 1 aliphatic heterocycles. The zero-order valence-electron chi connectivity index (χ0n) is 10.3. The van der Waals surface area contributed by atoms with Crippen LogP contribution in [0.15, 0.2) is 0 Å². The van der Waals surface area contributed by atoms with E-state index in [9.17, 15) is 14.4 Å². The molecule has 0 bridgehead atoms. The zero-order valence-corrected chi connectivity index (χ0v) is 10.3. The Kier molecular flexibility index (Phi) is 4.22. The highest BCUT2D eigenvalue weighted by Gasteiger charge is 2.43. The predicted molar refractivity (Wildman–Crippen MR) is 59.7 cm³/mol. The number of rotatable bonds is 4. The number of esters is 1. The molecular weight excluding hydrogens is 224 g/mol. The summed E-state index contributed by atoms with van der Waals surface area (Å²) in [5.74, 6) is -1.31. The van der Waals surface area contributed by atoms with E-state index in [1.165, 1.54) is 7.11 Å². The van der Waals surface area contributed by atoms with Crippen LogP contribution in [-0.4, -0.2) is 41.9 Å². The van der Waals surface area contributed by atoms with Gasteiger partial charge < -0.3 is 10.5 Å². The number of hydrogen-bond acceptors (Lipinski definition) is 5. The normalized spacial score (nSPS) is 22.2. The molecule has 2 amide bonds. The van der Waals surface area contributed by atoms with Crippen LogP contribution in [0.4, 0.5) is 0 Å². The van der Waals surface area contributed by atoms with E-state index < -0.39 is 29.9 Å². The van der Waals surface area contributed by atoms with Gasteiger partial charge in [0.25, 0.3) is 0 Å². The van der Waals surface area contributed by atoms with E-state index >= 15 is 0 Å². The molecule has 1 rings (SSSR count). The number of hydrogen-bond donors (Lipinski definition) is 1. The van der Waals surface area contributed by atoms with E-state index in [1.54, 1.807) is 0 Å². The molecule has 0 radical (unpaired) electrons. The van der Waals surface area contributed by atoms with Crippen LogP contribution in [0, 0.1) is 5.92 Å². The summed E-state index contributed by atoms with van der Waals surface area (Å²) >= 11 is 0. The van der Waals surface area contributed by atoms with Crippen molar-refractivity contribution in [1.29, 1.82) is 0 Å². The van der Waals surface area contributed by atoms with Gasteiger partial charge in [0.1, 0.15) is 6.04 Å². The van der Waals surface area contributed by atoms with E-state index in [2.05, 4.69) is 4.74 Å². The molecule has 2 atom stereocenters. The van der Waals surface area contributed by atoms with Crippen LogP contribution in [0.25, 0.3) is 0 Å². The second-order valence-corrected chi connectivity index (χ2v) is 4.58. The first-order valence-corrected chi connectivity index (χ1v) is 5.57. The van der Waals surface area contributed by atoms with Crippen molar-refractivity contribution in [3.8, 4) is 0 Å². The highest BCUT2D eigenvalue weighted by Crippen LogP contribution is 2.20. The van der Waals surface area contributed by atoms with E-state index in [-0.39, 0.29) is 12.3 Å². The van der Waals surface area contributed by atoms with Crippen molar-refractivity contribution in [2.24, 2.45) is 11.7 Å². The van der Waals surface area contributed by atoms with Gasteiger partial charge in [-0.15, -0.1) is 0 Å². The van der Waals surface area contributed by atoms with Gasteiger partial charge in [-0.05, 0) is 12.3 Å². The number of carbonyl (C=O) groups is 3. The van der Waals surface area contributed by atoms with Crippen molar-refractivity contribution in [2.75, 3.05) is 7.11 Å². The maximum Gasteiger partial charge on any atom is 0.329 e. The molecule has 0 saturated carbocycles. The van der Waals surface area contributed by atoms with E-state index in [0.29, 0.717) is 6.42 Å². The van der Waals surface area contributed by atoms with Crippen LogP contribution in [0.1, 0.15) is 26.7 Å². The van der Waals surface area contributed by atoms with Crippen molar-refractivity contribution in [2.45, 2.75) is 38.8 Å². The van der Waals surface area contributed by atoms with Gasteiger partial charge in [-0.25, -0.2) is 4.79 Å². The lowest BCUT2D eigenvalue weighted by Crippen LogP contribution is -2.47. The first-order chi connectivity index (χ1) is 7.88. The lowest BCUT2D eigenvalue weighted by molar-refractivity contribution is -0.157. The van der Waals surface area contributed by atoms with Gasteiger partial charge in [0.15, 0.2) is 0 Å². The molecule has 0 aromatic rings. The third-order valence-electron chi connectivity index (χ3n) is 2.70. The summed E-state index contributed by atoms with van der Waals surface area (Å²) < 4.78 is 4.63. The number of amides is 2. The van der Waals surface area contributed by atoms with Gasteiger partial charge >= 0.3 is 5.97 Å². The monoisotopic (exact) mass is 242 g/mol. The third kappa shape index (κ3) is 2.82. The van der Waals surface area contributed by atoms with E-state index in [0.717, 1.165) is 4.90 Å². The molecular formula is C11H18N2O4. The summed E-state index contributed by atoms with van der Waals surface area (Å²) in [6, 6.07) is -1.68. The molecule has 0 aromatic carbocycles. The quantitative estimate of drug-likeness (QED) is 0.538. The molecule has 2 unspecified atom stereocenters. The molecule has 6 nitrogen and oxygen atoms in total. The van der Waals surface area contributed by atoms with Gasteiger partial charge in [-0.1, -0.05) is 13.8 Å². The largest absolute Gasteiger partial charge is 0.467 e. The fourth-order valence-electron chi connectivity index (χ4n) is 1.89. The Hall–Kier alpha value is -1.43. The first-order valence-electron chi connectivity index (χ1n) is 5.57. The molecule has 1 fully saturated rings. The van der Waals surface area contributed by atoms with Crippen molar-refractivity contribution in [3.63, 3.8) is 0 Å². The fraction of sp³-hybridized carbons (Fsp3) is 0.727. The predicted octanol–water partition coefficient (Wildman–Crippen LogP) is -0.340. The Morgan fingerprint density at radius 2 is 2.12 bits per heavy atom. The zero-order chi connectivity index (χ0) is 13.2. The molecule has 2 N–H and O–H groups in total. The summed E-state index contributed by atoms with van der Waals surface area (Å²) in [6.45, 7) is 3.81. The highest BCUT2D eigenvalue weighted by atomic mass is 16.5. The minimum absolute atomic E-state index is 0.0373. The Labute approximate surface area is 100 Å². The van der Waals surface area contributed by atoms with Gasteiger partial charge in [0.2, 0.25) is 11.8 Å². The van der Waals surface area contributed by atoms with E-state index in [1.807, 2.05) is 13.8 Å². The Balaban J connectivity index is 2.93. The number of nitrogens with two attached hydrogens (primary N) is 1. The Bertz CT molecular complexity index is 340. The summed E-state index contributed by atoms with van der Waals surface area (Å²) in [7, 11) is 1.24. The Morgan fingerprint density at radius 3 is 2.47 bits per heavy atom. The minimum atomic E-state index is -0.853. The molecule has 1 saturated heterocycles. The molecule has 17 heavy (non-hydrogen) atoms. The minimum Gasteiger partial charge on any atom is -0.467 e. The lowest BCUT2D eigenvalue weighted by atomic mass is 10.0. The lowest BCUT2D eigenvalue weighted by Gasteiger charge is -2.25. The summed E-state index contributed by atoms with van der Waals surface area (Å²) in [5.41, 5.74) is 5.51. The Morgan fingerprint density at radius 1 is 1.53 bits per heavy atom. The summed E-state index contributed by atoms with van der Waals surface area (Å²) in [5, 5.41) is 0. The molecule has 6 heteroatoms. The van der Waals surface area contributed by atoms with Crippen LogP contribution in [0.2, 0.25) is 0 Å². The van der Waals surface area contributed by atoms with Crippen LogP contribution in [0.3, 0.4) is 0 Å². The van der Waals surface area contributed by atoms with Crippen LogP contribution >= 0.6 is 0 Å². The van der Waals surface area contributed by atoms with Crippen molar-refractivity contribution < 1.29 is 19.1 Å². The van der Waals surface area contributed by atoms with Gasteiger partial charge in [-0.2, -0.15) is 0 Å². The number of carbonyl (C=O) groups excluding carboxylic acids is 3. The van der Waals surface area contributed by atoms with Crippen LogP contribution in [0.5, 0.6) is 0 Å². The van der Waals surface area contributed by atoms with Crippen LogP contribution < -0.4 is 5.73 Å². The molecule has 0 aromatic heterocycles. The average molecular weight is 242 g/mol.